The van der Waals surface area contributed by atoms with Gasteiger partial charge in [-0.15, -0.1) is 0 Å². The molecule has 0 radical (unpaired) electrons. The molecule has 0 bridgehead atoms. The van der Waals surface area contributed by atoms with Crippen molar-refractivity contribution >= 4 is 27.5 Å². The number of aliphatic hydroxyl groups excluding tert-OH is 1. The third-order valence-corrected chi connectivity index (χ3v) is 3.54. The minimum Gasteiger partial charge on any atom is -0.497 e. The molecule has 0 fully saturated rings. The van der Waals surface area contributed by atoms with Gasteiger partial charge >= 0.3 is 0 Å². The van der Waals surface area contributed by atoms with E-state index in [0.29, 0.717) is 16.3 Å². The van der Waals surface area contributed by atoms with E-state index in [1.54, 1.807) is 25.3 Å². The van der Waals surface area contributed by atoms with Crippen LogP contribution in [0.4, 0.5) is 0 Å². The molecule has 4 heteroatoms. The van der Waals surface area contributed by atoms with Crippen LogP contribution in [0.15, 0.2) is 46.9 Å². The van der Waals surface area contributed by atoms with Crippen LogP contribution in [-0.4, -0.2) is 12.2 Å². The molecular formula is C14H12BrClO2. The summed E-state index contributed by atoms with van der Waals surface area (Å²) in [5.74, 6) is 0.673. The third kappa shape index (κ3) is 2.86. The van der Waals surface area contributed by atoms with Crippen molar-refractivity contribution in [3.63, 3.8) is 0 Å². The van der Waals surface area contributed by atoms with Crippen LogP contribution in [-0.2, 0) is 0 Å². The Labute approximate surface area is 119 Å². The van der Waals surface area contributed by atoms with Crippen LogP contribution >= 0.6 is 27.5 Å². The second-order valence-electron chi connectivity index (χ2n) is 3.84. The Morgan fingerprint density at radius 3 is 2.39 bits per heavy atom. The Morgan fingerprint density at radius 2 is 1.83 bits per heavy atom. The lowest BCUT2D eigenvalue weighted by Crippen LogP contribution is -2.00. The molecule has 0 spiro atoms. The second-order valence-corrected chi connectivity index (χ2v) is 5.16. The fraction of sp³-hybridized carbons (Fsp3) is 0.143. The van der Waals surface area contributed by atoms with E-state index in [9.17, 15) is 5.11 Å². The summed E-state index contributed by atoms with van der Waals surface area (Å²) in [6.45, 7) is 0. The fourth-order valence-corrected chi connectivity index (χ4v) is 2.22. The zero-order valence-corrected chi connectivity index (χ0v) is 12.1. The maximum absolute atomic E-state index is 10.3. The average Bonchev–Trinajstić information content (AvgIpc) is 2.38. The highest BCUT2D eigenvalue weighted by Gasteiger charge is 2.14. The summed E-state index contributed by atoms with van der Waals surface area (Å²) < 4.78 is 6.05. The molecule has 0 amide bonds. The van der Waals surface area contributed by atoms with Crippen molar-refractivity contribution in [2.24, 2.45) is 0 Å². The molecule has 0 saturated carbocycles. The fourth-order valence-electron chi connectivity index (χ4n) is 1.68. The number of aliphatic hydroxyl groups is 1. The first kappa shape index (κ1) is 13.4. The van der Waals surface area contributed by atoms with Gasteiger partial charge in [0.2, 0.25) is 0 Å². The molecule has 0 aromatic heterocycles. The summed E-state index contributed by atoms with van der Waals surface area (Å²) in [5, 5.41) is 10.8. The predicted molar refractivity (Wildman–Crippen MR) is 76.2 cm³/mol. The monoisotopic (exact) mass is 326 g/mol. The van der Waals surface area contributed by atoms with Crippen LogP contribution in [0.2, 0.25) is 5.02 Å². The summed E-state index contributed by atoms with van der Waals surface area (Å²) in [5.41, 5.74) is 1.46. The lowest BCUT2D eigenvalue weighted by molar-refractivity contribution is 0.220. The highest BCUT2D eigenvalue weighted by molar-refractivity contribution is 9.10. The van der Waals surface area contributed by atoms with Crippen LogP contribution in [0.3, 0.4) is 0 Å². The molecule has 0 aliphatic carbocycles. The SMILES string of the molecule is COc1ccc(C(O)c2ccc(Br)cc2)c(Cl)c1. The van der Waals surface area contributed by atoms with Gasteiger partial charge in [0.25, 0.3) is 0 Å². The standard InChI is InChI=1S/C14H12BrClO2/c1-18-11-6-7-12(13(16)8-11)14(17)9-2-4-10(15)5-3-9/h2-8,14,17H,1H3. The van der Waals surface area contributed by atoms with Gasteiger partial charge in [0.05, 0.1) is 12.1 Å². The molecule has 0 heterocycles. The molecule has 2 aromatic carbocycles. The summed E-state index contributed by atoms with van der Waals surface area (Å²) in [6, 6.07) is 12.7. The topological polar surface area (TPSA) is 29.5 Å². The van der Waals surface area contributed by atoms with E-state index in [1.165, 1.54) is 0 Å². The van der Waals surface area contributed by atoms with E-state index < -0.39 is 6.10 Å². The zero-order valence-electron chi connectivity index (χ0n) is 9.73. The minimum atomic E-state index is -0.739. The van der Waals surface area contributed by atoms with Crippen molar-refractivity contribution in [2.75, 3.05) is 7.11 Å². The van der Waals surface area contributed by atoms with Crippen molar-refractivity contribution in [3.8, 4) is 5.75 Å². The second kappa shape index (κ2) is 5.74. The van der Waals surface area contributed by atoms with E-state index >= 15 is 0 Å². The maximum Gasteiger partial charge on any atom is 0.120 e. The Kier molecular flexibility index (Phi) is 4.27. The first-order valence-corrected chi connectivity index (χ1v) is 6.56. The number of ether oxygens (including phenoxy) is 1. The normalized spacial score (nSPS) is 12.2. The molecule has 2 aromatic rings. The number of rotatable bonds is 3. The van der Waals surface area contributed by atoms with Crippen LogP contribution < -0.4 is 4.74 Å². The van der Waals surface area contributed by atoms with Gasteiger partial charge in [-0.25, -0.2) is 0 Å². The Balaban J connectivity index is 2.33. The van der Waals surface area contributed by atoms with Gasteiger partial charge in [0, 0.05) is 10.0 Å². The average molecular weight is 328 g/mol. The van der Waals surface area contributed by atoms with Gasteiger partial charge in [-0.05, 0) is 29.8 Å². The minimum absolute atomic E-state index is 0.491. The molecule has 1 N–H and O–H groups in total. The summed E-state index contributed by atoms with van der Waals surface area (Å²) >= 11 is 9.49. The molecule has 94 valence electrons. The molecule has 1 atom stereocenters. The molecule has 2 nitrogen and oxygen atoms in total. The molecular weight excluding hydrogens is 316 g/mol. The Hall–Kier alpha value is -1.03. The zero-order chi connectivity index (χ0) is 13.1. The smallest absolute Gasteiger partial charge is 0.120 e. The maximum atomic E-state index is 10.3. The van der Waals surface area contributed by atoms with Crippen molar-refractivity contribution in [1.82, 2.24) is 0 Å². The van der Waals surface area contributed by atoms with Crippen molar-refractivity contribution in [2.45, 2.75) is 6.10 Å². The Bertz CT molecular complexity index is 540. The highest BCUT2D eigenvalue weighted by atomic mass is 79.9. The first-order chi connectivity index (χ1) is 8.61. The molecule has 0 aliphatic heterocycles. The molecule has 1 unspecified atom stereocenters. The number of methoxy groups -OCH3 is 1. The largest absolute Gasteiger partial charge is 0.497 e. The quantitative estimate of drug-likeness (QED) is 0.916. The first-order valence-electron chi connectivity index (χ1n) is 5.39. The number of hydrogen-bond acceptors (Lipinski definition) is 2. The lowest BCUT2D eigenvalue weighted by atomic mass is 10.0. The van der Waals surface area contributed by atoms with E-state index in [4.69, 9.17) is 16.3 Å². The van der Waals surface area contributed by atoms with Gasteiger partial charge in [-0.1, -0.05) is 45.7 Å². The van der Waals surface area contributed by atoms with E-state index in [1.807, 2.05) is 24.3 Å². The van der Waals surface area contributed by atoms with E-state index in [2.05, 4.69) is 15.9 Å². The number of hydrogen-bond donors (Lipinski definition) is 1. The van der Waals surface area contributed by atoms with Crippen LogP contribution in [0.1, 0.15) is 17.2 Å². The van der Waals surface area contributed by atoms with Crippen molar-refractivity contribution in [1.29, 1.82) is 0 Å². The van der Waals surface area contributed by atoms with Crippen LogP contribution in [0.25, 0.3) is 0 Å². The highest BCUT2D eigenvalue weighted by Crippen LogP contribution is 2.31. The van der Waals surface area contributed by atoms with Crippen molar-refractivity contribution < 1.29 is 9.84 Å². The molecule has 0 aliphatic rings. The van der Waals surface area contributed by atoms with Gasteiger partial charge in [-0.3, -0.25) is 0 Å². The Morgan fingerprint density at radius 1 is 1.17 bits per heavy atom. The van der Waals surface area contributed by atoms with Gasteiger partial charge in [0.1, 0.15) is 11.9 Å². The molecule has 18 heavy (non-hydrogen) atoms. The van der Waals surface area contributed by atoms with Crippen LogP contribution in [0.5, 0.6) is 5.75 Å². The lowest BCUT2D eigenvalue weighted by Gasteiger charge is -2.14. The number of halogens is 2. The summed E-state index contributed by atoms with van der Waals surface area (Å²) in [7, 11) is 1.58. The third-order valence-electron chi connectivity index (χ3n) is 2.69. The molecule has 0 saturated heterocycles. The summed E-state index contributed by atoms with van der Waals surface area (Å²) in [6.07, 6.45) is -0.739. The van der Waals surface area contributed by atoms with Gasteiger partial charge in [0.15, 0.2) is 0 Å². The van der Waals surface area contributed by atoms with Crippen molar-refractivity contribution in [3.05, 3.63) is 63.1 Å². The van der Waals surface area contributed by atoms with Gasteiger partial charge in [-0.2, -0.15) is 0 Å². The van der Waals surface area contributed by atoms with Gasteiger partial charge < -0.3 is 9.84 Å². The summed E-state index contributed by atoms with van der Waals surface area (Å²) in [4.78, 5) is 0. The van der Waals surface area contributed by atoms with E-state index in [0.717, 1.165) is 10.0 Å². The predicted octanol–water partition coefficient (Wildman–Crippen LogP) is 4.19. The number of benzene rings is 2. The van der Waals surface area contributed by atoms with Crippen LogP contribution in [0, 0.1) is 0 Å². The van der Waals surface area contributed by atoms with E-state index in [-0.39, 0.29) is 0 Å². The molecule has 2 rings (SSSR count).